The molecule has 0 aliphatic carbocycles. The molecular formula is C22H35N3O4. The van der Waals surface area contributed by atoms with Gasteiger partial charge in [0.15, 0.2) is 0 Å². The second kappa shape index (κ2) is 11.2. The molecule has 1 aromatic rings. The first kappa shape index (κ1) is 23.2. The van der Waals surface area contributed by atoms with E-state index >= 15 is 0 Å². The van der Waals surface area contributed by atoms with Crippen LogP contribution in [-0.2, 0) is 20.9 Å². The van der Waals surface area contributed by atoms with Gasteiger partial charge in [0.25, 0.3) is 0 Å². The molecule has 1 amide bonds. The molecule has 162 valence electrons. The summed E-state index contributed by atoms with van der Waals surface area (Å²) < 4.78 is 10.8. The van der Waals surface area contributed by atoms with Crippen LogP contribution in [0.15, 0.2) is 30.3 Å². The van der Waals surface area contributed by atoms with E-state index in [2.05, 4.69) is 22.2 Å². The Balaban J connectivity index is 1.86. The quantitative estimate of drug-likeness (QED) is 0.671. The van der Waals surface area contributed by atoms with E-state index in [9.17, 15) is 9.59 Å². The normalized spacial score (nSPS) is 16.8. The predicted molar refractivity (Wildman–Crippen MR) is 113 cm³/mol. The lowest BCUT2D eigenvalue weighted by molar-refractivity contribution is -0.155. The first-order chi connectivity index (χ1) is 13.7. The van der Waals surface area contributed by atoms with Crippen LogP contribution in [0.25, 0.3) is 0 Å². The molecule has 0 bridgehead atoms. The molecule has 0 radical (unpaired) electrons. The Morgan fingerprint density at radius 2 is 1.76 bits per heavy atom. The summed E-state index contributed by atoms with van der Waals surface area (Å²) in [4.78, 5) is 29.0. The van der Waals surface area contributed by atoms with Gasteiger partial charge >= 0.3 is 12.1 Å². The highest BCUT2D eigenvalue weighted by atomic mass is 16.6. The van der Waals surface area contributed by atoms with Crippen molar-refractivity contribution in [2.24, 2.45) is 0 Å². The molecule has 7 nitrogen and oxygen atoms in total. The van der Waals surface area contributed by atoms with Crippen LogP contribution in [0, 0.1) is 0 Å². The van der Waals surface area contributed by atoms with Gasteiger partial charge < -0.3 is 19.7 Å². The number of piperazine rings is 1. The average Bonchev–Trinajstić information content (AvgIpc) is 2.66. The SMILES string of the molecule is CN1CCN(C[C@H](CCC(=O)OC(C)(C)C)NC(=O)OCc2ccccc2)CC1. The molecular weight excluding hydrogens is 370 g/mol. The lowest BCUT2D eigenvalue weighted by Crippen LogP contribution is -2.50. The molecule has 1 fully saturated rings. The van der Waals surface area contributed by atoms with Gasteiger partial charge in [0, 0.05) is 45.2 Å². The zero-order valence-corrected chi connectivity index (χ0v) is 18.1. The molecule has 0 unspecified atom stereocenters. The van der Waals surface area contributed by atoms with Crippen LogP contribution >= 0.6 is 0 Å². The summed E-state index contributed by atoms with van der Waals surface area (Å²) in [7, 11) is 2.11. The number of hydrogen-bond donors (Lipinski definition) is 1. The number of nitrogens with one attached hydrogen (secondary N) is 1. The van der Waals surface area contributed by atoms with Crippen LogP contribution in [0.4, 0.5) is 4.79 Å². The van der Waals surface area contributed by atoms with Crippen LogP contribution in [0.3, 0.4) is 0 Å². The molecule has 29 heavy (non-hydrogen) atoms. The van der Waals surface area contributed by atoms with Crippen LogP contribution in [0.5, 0.6) is 0 Å². The Bertz CT molecular complexity index is 637. The highest BCUT2D eigenvalue weighted by molar-refractivity contribution is 5.70. The Labute approximate surface area is 174 Å². The van der Waals surface area contributed by atoms with Crippen molar-refractivity contribution >= 4 is 12.1 Å². The predicted octanol–water partition coefficient (Wildman–Crippen LogP) is 2.65. The lowest BCUT2D eigenvalue weighted by Gasteiger charge is -2.34. The Kier molecular flexibility index (Phi) is 8.92. The van der Waals surface area contributed by atoms with Crippen molar-refractivity contribution < 1.29 is 19.1 Å². The minimum atomic E-state index is -0.508. The molecule has 2 rings (SSSR count). The van der Waals surface area contributed by atoms with Crippen molar-refractivity contribution in [2.75, 3.05) is 39.8 Å². The topological polar surface area (TPSA) is 71.1 Å². The summed E-state index contributed by atoms with van der Waals surface area (Å²) in [5, 5.41) is 2.94. The van der Waals surface area contributed by atoms with E-state index in [-0.39, 0.29) is 25.0 Å². The first-order valence-electron chi connectivity index (χ1n) is 10.3. The summed E-state index contributed by atoms with van der Waals surface area (Å²) in [6, 6.07) is 9.40. The minimum Gasteiger partial charge on any atom is -0.460 e. The molecule has 0 aromatic heterocycles. The summed E-state index contributed by atoms with van der Waals surface area (Å²) in [5.41, 5.74) is 0.429. The fourth-order valence-corrected chi connectivity index (χ4v) is 3.17. The molecule has 1 heterocycles. The zero-order valence-electron chi connectivity index (χ0n) is 18.1. The van der Waals surface area contributed by atoms with Gasteiger partial charge in [0.05, 0.1) is 0 Å². The van der Waals surface area contributed by atoms with E-state index < -0.39 is 11.7 Å². The monoisotopic (exact) mass is 405 g/mol. The fraction of sp³-hybridized carbons (Fsp3) is 0.636. The summed E-state index contributed by atoms with van der Waals surface area (Å²) in [6.07, 6.45) is 0.313. The van der Waals surface area contributed by atoms with Crippen molar-refractivity contribution in [2.45, 2.75) is 51.9 Å². The molecule has 0 spiro atoms. The van der Waals surface area contributed by atoms with E-state index in [1.165, 1.54) is 0 Å². The fourth-order valence-electron chi connectivity index (χ4n) is 3.17. The Morgan fingerprint density at radius 1 is 1.10 bits per heavy atom. The number of hydrogen-bond acceptors (Lipinski definition) is 6. The van der Waals surface area contributed by atoms with E-state index in [0.29, 0.717) is 13.0 Å². The van der Waals surface area contributed by atoms with Gasteiger partial charge in [0.2, 0.25) is 0 Å². The van der Waals surface area contributed by atoms with Gasteiger partial charge in [-0.2, -0.15) is 0 Å². The van der Waals surface area contributed by atoms with Gasteiger partial charge in [0.1, 0.15) is 12.2 Å². The van der Waals surface area contributed by atoms with Gasteiger partial charge in [-0.15, -0.1) is 0 Å². The maximum absolute atomic E-state index is 12.3. The zero-order chi connectivity index (χ0) is 21.3. The van der Waals surface area contributed by atoms with Crippen molar-refractivity contribution in [3.05, 3.63) is 35.9 Å². The van der Waals surface area contributed by atoms with Gasteiger partial charge in [-0.3, -0.25) is 9.69 Å². The minimum absolute atomic E-state index is 0.172. The van der Waals surface area contributed by atoms with Crippen LogP contribution in [-0.4, -0.2) is 73.3 Å². The van der Waals surface area contributed by atoms with Crippen LogP contribution in [0.2, 0.25) is 0 Å². The number of likely N-dealkylation sites (N-methyl/N-ethyl adjacent to an activating group) is 1. The van der Waals surface area contributed by atoms with Crippen LogP contribution in [0.1, 0.15) is 39.2 Å². The number of ether oxygens (including phenoxy) is 2. The standard InChI is InChI=1S/C22H35N3O4/c1-22(2,3)29-20(26)11-10-19(16-25-14-12-24(4)13-15-25)23-21(27)28-17-18-8-6-5-7-9-18/h5-9,19H,10-17H2,1-4H3,(H,23,27)/t19-/m0/s1. The Hall–Kier alpha value is -2.12. The highest BCUT2D eigenvalue weighted by Crippen LogP contribution is 2.12. The number of alkyl carbamates (subject to hydrolysis) is 1. The van der Waals surface area contributed by atoms with Crippen molar-refractivity contribution in [1.82, 2.24) is 15.1 Å². The van der Waals surface area contributed by atoms with E-state index in [1.54, 1.807) is 0 Å². The number of esters is 1. The molecule has 7 heteroatoms. The molecule has 1 aliphatic rings. The number of benzene rings is 1. The van der Waals surface area contributed by atoms with Crippen LogP contribution < -0.4 is 5.32 Å². The van der Waals surface area contributed by atoms with Gasteiger partial charge in [-0.25, -0.2) is 4.79 Å². The number of nitrogens with zero attached hydrogens (tertiary/aromatic N) is 2. The molecule has 0 saturated carbocycles. The number of rotatable bonds is 8. The van der Waals surface area contributed by atoms with Gasteiger partial charge in [-0.05, 0) is 39.8 Å². The third kappa shape index (κ3) is 9.76. The van der Waals surface area contributed by atoms with E-state index in [4.69, 9.17) is 9.47 Å². The third-order valence-electron chi connectivity index (χ3n) is 4.73. The molecule has 1 aliphatic heterocycles. The second-order valence-electron chi connectivity index (χ2n) is 8.63. The first-order valence-corrected chi connectivity index (χ1v) is 10.3. The van der Waals surface area contributed by atoms with E-state index in [0.717, 1.165) is 31.7 Å². The molecule has 1 saturated heterocycles. The second-order valence-corrected chi connectivity index (χ2v) is 8.63. The summed E-state index contributed by atoms with van der Waals surface area (Å²) in [6.45, 7) is 10.4. The molecule has 1 N–H and O–H groups in total. The smallest absolute Gasteiger partial charge is 0.407 e. The largest absolute Gasteiger partial charge is 0.460 e. The molecule has 1 atom stereocenters. The lowest BCUT2D eigenvalue weighted by atomic mass is 10.1. The Morgan fingerprint density at radius 3 is 2.38 bits per heavy atom. The maximum Gasteiger partial charge on any atom is 0.407 e. The van der Waals surface area contributed by atoms with E-state index in [1.807, 2.05) is 51.1 Å². The third-order valence-corrected chi connectivity index (χ3v) is 4.73. The number of amides is 1. The average molecular weight is 406 g/mol. The maximum atomic E-state index is 12.3. The highest BCUT2D eigenvalue weighted by Gasteiger charge is 2.23. The summed E-state index contributed by atoms with van der Waals surface area (Å²) in [5.74, 6) is -0.250. The van der Waals surface area contributed by atoms with Crippen molar-refractivity contribution in [1.29, 1.82) is 0 Å². The van der Waals surface area contributed by atoms with Crippen molar-refractivity contribution in [3.63, 3.8) is 0 Å². The molecule has 1 aromatic carbocycles. The van der Waals surface area contributed by atoms with Crippen molar-refractivity contribution in [3.8, 4) is 0 Å². The summed E-state index contributed by atoms with van der Waals surface area (Å²) >= 11 is 0. The number of carbonyl (C=O) groups excluding carboxylic acids is 2. The van der Waals surface area contributed by atoms with Gasteiger partial charge in [-0.1, -0.05) is 30.3 Å². The number of carbonyl (C=O) groups is 2.